The van der Waals surface area contributed by atoms with Crippen LogP contribution in [0.2, 0.25) is 0 Å². The largest absolute Gasteiger partial charge is 0.275 e. The van der Waals surface area contributed by atoms with Gasteiger partial charge in [-0.3, -0.25) is 14.5 Å². The van der Waals surface area contributed by atoms with Gasteiger partial charge in [-0.15, -0.1) is 0 Å². The lowest BCUT2D eigenvalue weighted by Crippen LogP contribution is -2.32. The van der Waals surface area contributed by atoms with E-state index in [9.17, 15) is 9.59 Å². The molecule has 1 aliphatic rings. The van der Waals surface area contributed by atoms with Crippen LogP contribution in [-0.4, -0.2) is 23.3 Å². The van der Waals surface area contributed by atoms with Crippen molar-refractivity contribution in [1.29, 1.82) is 0 Å². The molecule has 2 amide bonds. The van der Waals surface area contributed by atoms with Gasteiger partial charge in [0.05, 0.1) is 0 Å². The molecule has 0 unspecified atom stereocenters. The van der Waals surface area contributed by atoms with Crippen molar-refractivity contribution in [2.75, 3.05) is 6.54 Å². The molecule has 0 N–H and O–H groups in total. The van der Waals surface area contributed by atoms with Crippen molar-refractivity contribution in [3.8, 4) is 0 Å². The van der Waals surface area contributed by atoms with Crippen molar-refractivity contribution in [1.82, 2.24) is 4.90 Å². The van der Waals surface area contributed by atoms with Gasteiger partial charge in [0.25, 0.3) is 11.8 Å². The maximum absolute atomic E-state index is 11.4. The SMILES string of the molecule is CC1=CC(=O)N(CCC(C)C)C1=O. The number of rotatable bonds is 3. The number of carbonyl (C=O) groups is 2. The second kappa shape index (κ2) is 3.73. The first-order valence-electron chi connectivity index (χ1n) is 4.56. The summed E-state index contributed by atoms with van der Waals surface area (Å²) in [6.45, 7) is 6.37. The Morgan fingerprint density at radius 3 is 2.38 bits per heavy atom. The highest BCUT2D eigenvalue weighted by molar-refractivity contribution is 6.15. The molecule has 0 radical (unpaired) electrons. The molecule has 1 aliphatic heterocycles. The molecule has 0 saturated heterocycles. The molecule has 0 spiro atoms. The summed E-state index contributed by atoms with van der Waals surface area (Å²) in [4.78, 5) is 23.9. The molecule has 0 aromatic heterocycles. The van der Waals surface area contributed by atoms with E-state index < -0.39 is 0 Å². The van der Waals surface area contributed by atoms with Crippen molar-refractivity contribution in [2.45, 2.75) is 27.2 Å². The third-order valence-electron chi connectivity index (χ3n) is 2.12. The number of carbonyl (C=O) groups excluding carboxylic acids is 2. The third-order valence-corrected chi connectivity index (χ3v) is 2.12. The summed E-state index contributed by atoms with van der Waals surface area (Å²) in [6, 6.07) is 0. The van der Waals surface area contributed by atoms with Gasteiger partial charge in [-0.1, -0.05) is 13.8 Å². The Hall–Kier alpha value is -1.12. The van der Waals surface area contributed by atoms with Crippen LogP contribution in [0.15, 0.2) is 11.6 Å². The molecule has 0 saturated carbocycles. The summed E-state index contributed by atoms with van der Waals surface area (Å²) in [5.74, 6) is 0.218. The van der Waals surface area contributed by atoms with Gasteiger partial charge in [0.2, 0.25) is 0 Å². The Morgan fingerprint density at radius 2 is 2.00 bits per heavy atom. The molecule has 13 heavy (non-hydrogen) atoms. The van der Waals surface area contributed by atoms with Crippen LogP contribution in [0.1, 0.15) is 27.2 Å². The fourth-order valence-corrected chi connectivity index (χ4v) is 1.24. The molecule has 72 valence electrons. The fraction of sp³-hybridized carbons (Fsp3) is 0.600. The summed E-state index contributed by atoms with van der Waals surface area (Å²) in [7, 11) is 0. The summed E-state index contributed by atoms with van der Waals surface area (Å²) >= 11 is 0. The van der Waals surface area contributed by atoms with Crippen LogP contribution < -0.4 is 0 Å². The Morgan fingerprint density at radius 1 is 1.38 bits per heavy atom. The van der Waals surface area contributed by atoms with Gasteiger partial charge in [0, 0.05) is 18.2 Å². The summed E-state index contributed by atoms with van der Waals surface area (Å²) in [5.41, 5.74) is 0.550. The van der Waals surface area contributed by atoms with E-state index in [2.05, 4.69) is 13.8 Å². The molecule has 1 rings (SSSR count). The molecule has 3 nitrogen and oxygen atoms in total. The van der Waals surface area contributed by atoms with E-state index in [-0.39, 0.29) is 11.8 Å². The Bertz CT molecular complexity index is 266. The van der Waals surface area contributed by atoms with Gasteiger partial charge < -0.3 is 0 Å². The van der Waals surface area contributed by atoms with Crippen LogP contribution in [0.4, 0.5) is 0 Å². The quantitative estimate of drug-likeness (QED) is 0.616. The predicted octanol–water partition coefficient (Wildman–Crippen LogP) is 1.35. The highest BCUT2D eigenvalue weighted by Crippen LogP contribution is 2.13. The zero-order valence-electron chi connectivity index (χ0n) is 8.33. The second-order valence-corrected chi connectivity index (χ2v) is 3.80. The van der Waals surface area contributed by atoms with Crippen LogP contribution in [0, 0.1) is 5.92 Å². The van der Waals surface area contributed by atoms with Crippen molar-refractivity contribution in [2.24, 2.45) is 5.92 Å². The highest BCUT2D eigenvalue weighted by Gasteiger charge is 2.27. The van der Waals surface area contributed by atoms with Crippen LogP contribution in [-0.2, 0) is 9.59 Å². The van der Waals surface area contributed by atoms with Crippen LogP contribution >= 0.6 is 0 Å². The summed E-state index contributed by atoms with van der Waals surface area (Å²) < 4.78 is 0. The number of imide groups is 1. The van der Waals surface area contributed by atoms with E-state index in [1.807, 2.05) is 0 Å². The molecule has 0 aromatic rings. The number of hydrogen-bond donors (Lipinski definition) is 0. The Kier molecular flexibility index (Phi) is 2.86. The van der Waals surface area contributed by atoms with Gasteiger partial charge in [-0.2, -0.15) is 0 Å². The van der Waals surface area contributed by atoms with E-state index in [4.69, 9.17) is 0 Å². The average Bonchev–Trinajstić information content (AvgIpc) is 2.24. The van der Waals surface area contributed by atoms with E-state index in [0.29, 0.717) is 18.0 Å². The molecule has 0 aromatic carbocycles. The van der Waals surface area contributed by atoms with Gasteiger partial charge in [-0.25, -0.2) is 0 Å². The minimum atomic E-state index is -0.164. The Labute approximate surface area is 78.4 Å². The molecule has 1 heterocycles. The lowest BCUT2D eigenvalue weighted by molar-refractivity contribution is -0.137. The van der Waals surface area contributed by atoms with Gasteiger partial charge in [0.15, 0.2) is 0 Å². The lowest BCUT2D eigenvalue weighted by atomic mass is 10.1. The molecule has 0 fully saturated rings. The highest BCUT2D eigenvalue weighted by atomic mass is 16.2. The lowest BCUT2D eigenvalue weighted by Gasteiger charge is -2.15. The molecular formula is C10H15NO2. The maximum Gasteiger partial charge on any atom is 0.256 e. The number of amides is 2. The first-order valence-corrected chi connectivity index (χ1v) is 4.56. The van der Waals surface area contributed by atoms with Crippen LogP contribution in [0.3, 0.4) is 0 Å². The average molecular weight is 181 g/mol. The van der Waals surface area contributed by atoms with Crippen LogP contribution in [0.5, 0.6) is 0 Å². The van der Waals surface area contributed by atoms with Crippen molar-refractivity contribution in [3.05, 3.63) is 11.6 Å². The van der Waals surface area contributed by atoms with E-state index in [1.165, 1.54) is 11.0 Å². The predicted molar refractivity (Wildman–Crippen MR) is 49.9 cm³/mol. The molecule has 0 atom stereocenters. The molecule has 0 aliphatic carbocycles. The first-order chi connectivity index (χ1) is 6.02. The van der Waals surface area contributed by atoms with E-state index >= 15 is 0 Å². The Balaban J connectivity index is 2.54. The standard InChI is InChI=1S/C10H15NO2/c1-7(2)4-5-11-9(12)6-8(3)10(11)13/h6-7H,4-5H2,1-3H3. The maximum atomic E-state index is 11.4. The van der Waals surface area contributed by atoms with Gasteiger partial charge >= 0.3 is 0 Å². The van der Waals surface area contributed by atoms with Crippen molar-refractivity contribution in [3.63, 3.8) is 0 Å². The van der Waals surface area contributed by atoms with Gasteiger partial charge in [-0.05, 0) is 19.3 Å². The van der Waals surface area contributed by atoms with Crippen molar-refractivity contribution < 1.29 is 9.59 Å². The second-order valence-electron chi connectivity index (χ2n) is 3.80. The normalized spacial score (nSPS) is 17.2. The zero-order chi connectivity index (χ0) is 10.0. The third kappa shape index (κ3) is 2.17. The monoisotopic (exact) mass is 181 g/mol. The van der Waals surface area contributed by atoms with E-state index in [1.54, 1.807) is 6.92 Å². The first kappa shape index (κ1) is 9.96. The van der Waals surface area contributed by atoms with Crippen molar-refractivity contribution >= 4 is 11.8 Å². The summed E-state index contributed by atoms with van der Waals surface area (Å²) in [6.07, 6.45) is 2.28. The smallest absolute Gasteiger partial charge is 0.256 e. The van der Waals surface area contributed by atoms with Crippen LogP contribution in [0.25, 0.3) is 0 Å². The van der Waals surface area contributed by atoms with E-state index in [0.717, 1.165) is 6.42 Å². The minimum absolute atomic E-state index is 0.134. The number of hydrogen-bond acceptors (Lipinski definition) is 2. The number of nitrogens with zero attached hydrogens (tertiary/aromatic N) is 1. The zero-order valence-corrected chi connectivity index (χ0v) is 8.33. The molecular weight excluding hydrogens is 166 g/mol. The fourth-order valence-electron chi connectivity index (χ4n) is 1.24. The topological polar surface area (TPSA) is 37.4 Å². The minimum Gasteiger partial charge on any atom is -0.275 e. The van der Waals surface area contributed by atoms with Gasteiger partial charge in [0.1, 0.15) is 0 Å². The molecule has 3 heteroatoms. The molecule has 0 bridgehead atoms. The summed E-state index contributed by atoms with van der Waals surface area (Å²) in [5, 5.41) is 0.